The lowest BCUT2D eigenvalue weighted by atomic mass is 9.81. The van der Waals surface area contributed by atoms with Crippen LogP contribution in [0.4, 0.5) is 17.1 Å². The SMILES string of the molecule is CC1(C)c2ccccc2-c2ccc(-c3c(N(c4ccc(-c5ccccc5)cc4)c4ccc5sc6c(C7CCCC7)cccc6c5c4)ccc4ccccc34)cc21. The first-order chi connectivity index (χ1) is 27.5. The van der Waals surface area contributed by atoms with E-state index in [1.165, 1.54) is 113 Å². The molecule has 0 amide bonds. The van der Waals surface area contributed by atoms with Gasteiger partial charge in [0.05, 0.1) is 5.69 Å². The summed E-state index contributed by atoms with van der Waals surface area (Å²) >= 11 is 1.98. The molecule has 0 radical (unpaired) electrons. The highest BCUT2D eigenvalue weighted by molar-refractivity contribution is 7.26. The molecule has 1 heterocycles. The molecule has 0 unspecified atom stereocenters. The van der Waals surface area contributed by atoms with E-state index in [9.17, 15) is 0 Å². The van der Waals surface area contributed by atoms with Crippen LogP contribution in [0.2, 0.25) is 0 Å². The summed E-state index contributed by atoms with van der Waals surface area (Å²) in [7, 11) is 0. The molecule has 1 nitrogen and oxygen atoms in total. The number of rotatable bonds is 6. The van der Waals surface area contributed by atoms with Crippen molar-refractivity contribution < 1.29 is 0 Å². The summed E-state index contributed by atoms with van der Waals surface area (Å²) in [5.74, 6) is 0.677. The van der Waals surface area contributed by atoms with Gasteiger partial charge in [0.25, 0.3) is 0 Å². The molecule has 2 aliphatic carbocycles. The molecule has 8 aromatic carbocycles. The van der Waals surface area contributed by atoms with E-state index in [0.29, 0.717) is 5.92 Å². The Kier molecular flexibility index (Phi) is 7.79. The Labute approximate surface area is 333 Å². The van der Waals surface area contributed by atoms with Crippen LogP contribution < -0.4 is 4.90 Å². The summed E-state index contributed by atoms with van der Waals surface area (Å²) in [4.78, 5) is 2.51. The molecule has 0 atom stereocenters. The van der Waals surface area contributed by atoms with Gasteiger partial charge in [-0.3, -0.25) is 0 Å². The van der Waals surface area contributed by atoms with Crippen molar-refractivity contribution in [1.29, 1.82) is 0 Å². The Balaban J connectivity index is 1.14. The highest BCUT2D eigenvalue weighted by Crippen LogP contribution is 2.52. The van der Waals surface area contributed by atoms with Crippen molar-refractivity contribution in [3.63, 3.8) is 0 Å². The minimum absolute atomic E-state index is 0.0952. The average Bonchev–Trinajstić information content (AvgIpc) is 3.97. The Morgan fingerprint density at radius 3 is 2.07 bits per heavy atom. The molecule has 1 aromatic heterocycles. The molecule has 2 heteroatoms. The molecule has 0 spiro atoms. The molecule has 0 N–H and O–H groups in total. The second-order valence-electron chi connectivity index (χ2n) is 16.3. The van der Waals surface area contributed by atoms with E-state index >= 15 is 0 Å². The number of hydrogen-bond acceptors (Lipinski definition) is 2. The fourth-order valence-corrected chi connectivity index (χ4v) is 11.3. The zero-order chi connectivity index (χ0) is 37.4. The van der Waals surface area contributed by atoms with Gasteiger partial charge in [0.1, 0.15) is 0 Å². The molecule has 0 saturated heterocycles. The monoisotopic (exact) mass is 737 g/mol. The van der Waals surface area contributed by atoms with Crippen LogP contribution in [0.25, 0.3) is 64.3 Å². The molecule has 2 aliphatic rings. The van der Waals surface area contributed by atoms with Crippen LogP contribution in [-0.4, -0.2) is 0 Å². The first-order valence-electron chi connectivity index (χ1n) is 20.2. The van der Waals surface area contributed by atoms with Crippen LogP contribution in [0.5, 0.6) is 0 Å². The summed E-state index contributed by atoms with van der Waals surface area (Å²) in [6.45, 7) is 4.76. The van der Waals surface area contributed by atoms with E-state index in [0.717, 1.165) is 5.69 Å². The van der Waals surface area contributed by atoms with Gasteiger partial charge in [0.2, 0.25) is 0 Å². The van der Waals surface area contributed by atoms with E-state index in [1.807, 2.05) is 11.3 Å². The lowest BCUT2D eigenvalue weighted by Gasteiger charge is -2.29. The Morgan fingerprint density at radius 2 is 1.21 bits per heavy atom. The Hall–Kier alpha value is -5.96. The largest absolute Gasteiger partial charge is 0.310 e. The summed E-state index contributed by atoms with van der Waals surface area (Å²) in [6, 6.07) is 63.8. The Morgan fingerprint density at radius 1 is 0.518 bits per heavy atom. The fourth-order valence-electron chi connectivity index (χ4n) is 9.98. The van der Waals surface area contributed by atoms with Gasteiger partial charge in [0.15, 0.2) is 0 Å². The van der Waals surface area contributed by atoms with Gasteiger partial charge in [-0.2, -0.15) is 0 Å². The van der Waals surface area contributed by atoms with Gasteiger partial charge in [-0.05, 0) is 117 Å². The average molecular weight is 738 g/mol. The second kappa shape index (κ2) is 13.1. The molecule has 1 saturated carbocycles. The molecule has 0 bridgehead atoms. The number of fused-ring (bicyclic) bond motifs is 7. The zero-order valence-corrected chi connectivity index (χ0v) is 32.7. The maximum absolute atomic E-state index is 2.51. The van der Waals surface area contributed by atoms with Gasteiger partial charge < -0.3 is 4.90 Å². The summed E-state index contributed by atoms with van der Waals surface area (Å²) in [5, 5.41) is 5.22. The summed E-state index contributed by atoms with van der Waals surface area (Å²) in [6.07, 6.45) is 5.30. The zero-order valence-electron chi connectivity index (χ0n) is 31.9. The number of nitrogens with zero attached hydrogens (tertiary/aromatic N) is 1. The summed E-state index contributed by atoms with van der Waals surface area (Å²) < 4.78 is 2.83. The van der Waals surface area contributed by atoms with Crippen LogP contribution in [0.3, 0.4) is 0 Å². The van der Waals surface area contributed by atoms with Crippen molar-refractivity contribution in [2.45, 2.75) is 50.9 Å². The standard InChI is InChI=1S/C54H43NS/c1-54(2)48-22-11-10-19-44(48)45-30-25-39(33-49(45)54)52-42-18-9-8-17-38(42)26-31-50(52)55(40-27-23-36(24-28-40)35-13-4-3-5-14-35)41-29-32-51-47(34-41)46-21-12-20-43(53(46)56-51)37-15-6-7-16-37/h3-5,8-14,17-34,37H,6-7,15-16H2,1-2H3. The predicted octanol–water partition coefficient (Wildman–Crippen LogP) is 16.0. The smallest absolute Gasteiger partial charge is 0.0546 e. The lowest BCUT2D eigenvalue weighted by Crippen LogP contribution is -2.15. The van der Waals surface area contributed by atoms with E-state index in [2.05, 4.69) is 189 Å². The number of thiophene rings is 1. The highest BCUT2D eigenvalue weighted by atomic mass is 32.1. The fraction of sp³-hybridized carbons (Fsp3) is 0.148. The first-order valence-corrected chi connectivity index (χ1v) is 21.0. The Bertz CT molecular complexity index is 2940. The predicted molar refractivity (Wildman–Crippen MR) is 241 cm³/mol. The van der Waals surface area contributed by atoms with E-state index in [-0.39, 0.29) is 5.41 Å². The van der Waals surface area contributed by atoms with Gasteiger partial charge >= 0.3 is 0 Å². The van der Waals surface area contributed by atoms with Crippen LogP contribution in [0.15, 0.2) is 170 Å². The maximum Gasteiger partial charge on any atom is 0.0546 e. The van der Waals surface area contributed by atoms with Gasteiger partial charge in [-0.15, -0.1) is 11.3 Å². The van der Waals surface area contributed by atoms with Crippen molar-refractivity contribution in [2.24, 2.45) is 0 Å². The van der Waals surface area contributed by atoms with Crippen molar-refractivity contribution in [3.8, 4) is 33.4 Å². The van der Waals surface area contributed by atoms with Crippen LogP contribution >= 0.6 is 11.3 Å². The van der Waals surface area contributed by atoms with Crippen molar-refractivity contribution in [1.82, 2.24) is 0 Å². The molecule has 0 aliphatic heterocycles. The van der Waals surface area contributed by atoms with E-state index in [4.69, 9.17) is 0 Å². The quantitative estimate of drug-likeness (QED) is 0.164. The van der Waals surface area contributed by atoms with Crippen molar-refractivity contribution in [3.05, 3.63) is 187 Å². The van der Waals surface area contributed by atoms with Crippen molar-refractivity contribution in [2.75, 3.05) is 4.90 Å². The molecule has 1 fully saturated rings. The van der Waals surface area contributed by atoms with Crippen molar-refractivity contribution >= 4 is 59.3 Å². The molecule has 56 heavy (non-hydrogen) atoms. The molecule has 270 valence electrons. The number of benzene rings is 8. The van der Waals surface area contributed by atoms with Gasteiger partial charge in [0, 0.05) is 42.5 Å². The third kappa shape index (κ3) is 5.27. The van der Waals surface area contributed by atoms with E-state index < -0.39 is 0 Å². The van der Waals surface area contributed by atoms with Gasteiger partial charge in [-0.1, -0.05) is 154 Å². The number of hydrogen-bond donors (Lipinski definition) is 0. The summed E-state index contributed by atoms with van der Waals surface area (Å²) in [5.41, 5.74) is 15.4. The minimum Gasteiger partial charge on any atom is -0.310 e. The maximum atomic E-state index is 2.51. The van der Waals surface area contributed by atoms with E-state index in [1.54, 1.807) is 5.56 Å². The molecule has 9 aromatic rings. The molecule has 11 rings (SSSR count). The number of anilines is 3. The molecular formula is C54H43NS. The first kappa shape index (κ1) is 33.4. The normalized spacial score (nSPS) is 14.8. The molecular weight excluding hydrogens is 695 g/mol. The third-order valence-corrected chi connectivity index (χ3v) is 14.1. The van der Waals surface area contributed by atoms with Crippen LogP contribution in [-0.2, 0) is 5.41 Å². The second-order valence-corrected chi connectivity index (χ2v) is 17.4. The van der Waals surface area contributed by atoms with Gasteiger partial charge in [-0.25, -0.2) is 0 Å². The minimum atomic E-state index is -0.0952. The topological polar surface area (TPSA) is 3.24 Å². The lowest BCUT2D eigenvalue weighted by molar-refractivity contribution is 0.660. The highest BCUT2D eigenvalue weighted by Gasteiger charge is 2.35. The third-order valence-electron chi connectivity index (χ3n) is 12.8. The van der Waals surface area contributed by atoms with Crippen LogP contribution in [0.1, 0.15) is 62.1 Å². The van der Waals surface area contributed by atoms with Crippen LogP contribution in [0, 0.1) is 0 Å².